The van der Waals surface area contributed by atoms with Crippen molar-refractivity contribution in [2.45, 2.75) is 17.9 Å². The van der Waals surface area contributed by atoms with Crippen LogP contribution in [-0.2, 0) is 10.0 Å². The normalized spacial score (nSPS) is 19.4. The number of halogens is 1. The number of aromatic nitrogens is 3. The third kappa shape index (κ3) is 3.15. The summed E-state index contributed by atoms with van der Waals surface area (Å²) in [6, 6.07) is 1.05. The van der Waals surface area contributed by atoms with Crippen molar-refractivity contribution in [3.05, 3.63) is 33.1 Å². The molecule has 1 aliphatic heterocycles. The van der Waals surface area contributed by atoms with E-state index in [1.165, 1.54) is 10.4 Å². The van der Waals surface area contributed by atoms with Crippen molar-refractivity contribution in [2.75, 3.05) is 19.6 Å². The van der Waals surface area contributed by atoms with Gasteiger partial charge >= 0.3 is 5.69 Å². The standard InChI is InChI=1S/C12H15N5O4S.ClH/c1-7-5-13-2-3-17(7)22(20,21)8-4-9-10(14-6-8)15-12(19)16-11(9)18;/h4,6-7,13H,2-3,5H2,1H3,(H2,14,15,16,18,19);1H. The van der Waals surface area contributed by atoms with Crippen molar-refractivity contribution in [3.63, 3.8) is 0 Å². The Kier molecular flexibility index (Phi) is 4.90. The lowest BCUT2D eigenvalue weighted by molar-refractivity contribution is 0.284. The van der Waals surface area contributed by atoms with Gasteiger partial charge in [-0.2, -0.15) is 4.31 Å². The molecule has 3 N–H and O–H groups in total. The molecular formula is C12H16ClN5O4S. The summed E-state index contributed by atoms with van der Waals surface area (Å²) >= 11 is 0. The summed E-state index contributed by atoms with van der Waals surface area (Å²) in [6.07, 6.45) is 1.15. The van der Waals surface area contributed by atoms with Gasteiger partial charge in [0.05, 0.1) is 5.39 Å². The van der Waals surface area contributed by atoms with E-state index in [-0.39, 0.29) is 34.4 Å². The monoisotopic (exact) mass is 361 g/mol. The molecule has 0 saturated carbocycles. The van der Waals surface area contributed by atoms with Gasteiger partial charge in [0.15, 0.2) is 0 Å². The van der Waals surface area contributed by atoms with E-state index >= 15 is 0 Å². The molecule has 126 valence electrons. The summed E-state index contributed by atoms with van der Waals surface area (Å²) < 4.78 is 26.8. The molecule has 0 amide bonds. The molecule has 1 aliphatic rings. The van der Waals surface area contributed by atoms with Gasteiger partial charge in [0, 0.05) is 31.9 Å². The summed E-state index contributed by atoms with van der Waals surface area (Å²) in [7, 11) is -3.74. The lowest BCUT2D eigenvalue weighted by Crippen LogP contribution is -2.52. The Hall–Kier alpha value is -1.75. The van der Waals surface area contributed by atoms with E-state index < -0.39 is 21.3 Å². The highest BCUT2D eigenvalue weighted by Crippen LogP contribution is 2.20. The van der Waals surface area contributed by atoms with Crippen molar-refractivity contribution in [2.24, 2.45) is 0 Å². The number of fused-ring (bicyclic) bond motifs is 1. The van der Waals surface area contributed by atoms with Crippen LogP contribution in [0.5, 0.6) is 0 Å². The number of sulfonamides is 1. The van der Waals surface area contributed by atoms with Crippen LogP contribution in [0.4, 0.5) is 0 Å². The summed E-state index contributed by atoms with van der Waals surface area (Å²) in [6.45, 7) is 3.29. The van der Waals surface area contributed by atoms with E-state index in [0.29, 0.717) is 19.6 Å². The summed E-state index contributed by atoms with van der Waals surface area (Å²) in [4.78, 5) is 31.2. The molecule has 3 rings (SSSR count). The van der Waals surface area contributed by atoms with Crippen LogP contribution in [0.15, 0.2) is 26.7 Å². The van der Waals surface area contributed by atoms with Gasteiger partial charge in [0.25, 0.3) is 5.56 Å². The molecule has 0 radical (unpaired) electrons. The Morgan fingerprint density at radius 1 is 1.30 bits per heavy atom. The molecule has 1 unspecified atom stereocenters. The Morgan fingerprint density at radius 3 is 2.74 bits per heavy atom. The number of hydrogen-bond donors (Lipinski definition) is 3. The largest absolute Gasteiger partial charge is 0.327 e. The number of nitrogens with one attached hydrogen (secondary N) is 3. The van der Waals surface area contributed by atoms with Crippen LogP contribution in [0.2, 0.25) is 0 Å². The van der Waals surface area contributed by atoms with Gasteiger partial charge in [-0.1, -0.05) is 0 Å². The summed E-state index contributed by atoms with van der Waals surface area (Å²) in [5, 5.41) is 3.15. The minimum absolute atomic E-state index is 0. The maximum absolute atomic E-state index is 12.7. The highest BCUT2D eigenvalue weighted by molar-refractivity contribution is 7.89. The maximum Gasteiger partial charge on any atom is 0.327 e. The molecule has 9 nitrogen and oxygen atoms in total. The fourth-order valence-electron chi connectivity index (χ4n) is 2.48. The number of aromatic amines is 2. The lowest BCUT2D eigenvalue weighted by atomic mass is 10.3. The van der Waals surface area contributed by atoms with Gasteiger partial charge in [-0.25, -0.2) is 18.2 Å². The minimum atomic E-state index is -3.74. The van der Waals surface area contributed by atoms with Crippen molar-refractivity contribution < 1.29 is 8.42 Å². The number of H-pyrrole nitrogens is 2. The van der Waals surface area contributed by atoms with E-state index in [1.54, 1.807) is 0 Å². The summed E-state index contributed by atoms with van der Waals surface area (Å²) in [5.74, 6) is 0. The second-order valence-electron chi connectivity index (χ2n) is 5.14. The first-order chi connectivity index (χ1) is 10.4. The average molecular weight is 362 g/mol. The van der Waals surface area contributed by atoms with Gasteiger partial charge in [0.2, 0.25) is 10.0 Å². The predicted octanol–water partition coefficient (Wildman–Crippen LogP) is -0.984. The molecule has 1 atom stereocenters. The zero-order valence-electron chi connectivity index (χ0n) is 12.2. The zero-order chi connectivity index (χ0) is 15.9. The van der Waals surface area contributed by atoms with Crippen LogP contribution in [0.25, 0.3) is 11.0 Å². The fourth-order valence-corrected chi connectivity index (χ4v) is 4.09. The molecule has 0 aromatic carbocycles. The fraction of sp³-hybridized carbons (Fsp3) is 0.417. The number of pyridine rings is 1. The minimum Gasteiger partial charge on any atom is -0.314 e. The number of nitrogens with zero attached hydrogens (tertiary/aromatic N) is 2. The van der Waals surface area contributed by atoms with E-state index in [2.05, 4.69) is 20.3 Å². The highest BCUT2D eigenvalue weighted by Gasteiger charge is 2.31. The van der Waals surface area contributed by atoms with Gasteiger partial charge in [0.1, 0.15) is 10.5 Å². The van der Waals surface area contributed by atoms with Crippen LogP contribution in [-0.4, -0.2) is 53.4 Å². The Labute approximate surface area is 137 Å². The van der Waals surface area contributed by atoms with E-state index in [9.17, 15) is 18.0 Å². The Bertz CT molecular complexity index is 938. The first-order valence-corrected chi connectivity index (χ1v) is 8.18. The van der Waals surface area contributed by atoms with Gasteiger partial charge < -0.3 is 5.32 Å². The first-order valence-electron chi connectivity index (χ1n) is 6.74. The molecular weight excluding hydrogens is 346 g/mol. The first kappa shape index (κ1) is 17.6. The average Bonchev–Trinajstić information content (AvgIpc) is 2.47. The smallest absolute Gasteiger partial charge is 0.314 e. The molecule has 3 heterocycles. The van der Waals surface area contributed by atoms with Crippen LogP contribution in [0.3, 0.4) is 0 Å². The van der Waals surface area contributed by atoms with Gasteiger partial charge in [-0.3, -0.25) is 14.8 Å². The van der Waals surface area contributed by atoms with Crippen molar-refractivity contribution in [1.82, 2.24) is 24.6 Å². The molecule has 11 heteroatoms. The molecule has 2 aromatic heterocycles. The quantitative estimate of drug-likeness (QED) is 0.630. The van der Waals surface area contributed by atoms with Crippen molar-refractivity contribution in [3.8, 4) is 0 Å². The van der Waals surface area contributed by atoms with E-state index in [0.717, 1.165) is 6.20 Å². The van der Waals surface area contributed by atoms with E-state index in [1.807, 2.05) is 6.92 Å². The number of hydrogen-bond acceptors (Lipinski definition) is 6. The Balaban J connectivity index is 0.00000192. The zero-order valence-corrected chi connectivity index (χ0v) is 13.8. The molecule has 2 aromatic rings. The van der Waals surface area contributed by atoms with Crippen molar-refractivity contribution >= 4 is 33.5 Å². The van der Waals surface area contributed by atoms with Crippen LogP contribution < -0.4 is 16.6 Å². The lowest BCUT2D eigenvalue weighted by Gasteiger charge is -2.32. The maximum atomic E-state index is 12.7. The second kappa shape index (κ2) is 6.40. The summed E-state index contributed by atoms with van der Waals surface area (Å²) in [5.41, 5.74) is -1.30. The highest BCUT2D eigenvalue weighted by atomic mass is 35.5. The van der Waals surface area contributed by atoms with Crippen LogP contribution in [0.1, 0.15) is 6.92 Å². The van der Waals surface area contributed by atoms with Crippen LogP contribution >= 0.6 is 12.4 Å². The molecule has 0 aliphatic carbocycles. The molecule has 1 saturated heterocycles. The third-order valence-electron chi connectivity index (χ3n) is 3.61. The molecule has 1 fully saturated rings. The SMILES string of the molecule is CC1CNCCN1S(=O)(=O)c1cnc2[nH]c(=O)[nH]c(=O)c2c1.Cl. The van der Waals surface area contributed by atoms with Gasteiger partial charge in [-0.05, 0) is 13.0 Å². The topological polar surface area (TPSA) is 128 Å². The molecule has 0 bridgehead atoms. The molecule has 23 heavy (non-hydrogen) atoms. The number of rotatable bonds is 2. The predicted molar refractivity (Wildman–Crippen MR) is 86.5 cm³/mol. The number of piperazine rings is 1. The van der Waals surface area contributed by atoms with E-state index in [4.69, 9.17) is 0 Å². The van der Waals surface area contributed by atoms with Crippen molar-refractivity contribution in [1.29, 1.82) is 0 Å². The second-order valence-corrected chi connectivity index (χ2v) is 7.03. The third-order valence-corrected chi connectivity index (χ3v) is 5.59. The molecule has 0 spiro atoms. The van der Waals surface area contributed by atoms with Gasteiger partial charge in [-0.15, -0.1) is 12.4 Å². The Morgan fingerprint density at radius 2 is 2.04 bits per heavy atom. The van der Waals surface area contributed by atoms with Crippen LogP contribution in [0, 0.1) is 0 Å².